The summed E-state index contributed by atoms with van der Waals surface area (Å²) in [5, 5.41) is 4.40. The van der Waals surface area contributed by atoms with Gasteiger partial charge in [-0.1, -0.05) is 19.1 Å². The van der Waals surface area contributed by atoms with Gasteiger partial charge in [-0.3, -0.25) is 0 Å². The molecule has 1 aromatic heterocycles. The van der Waals surface area contributed by atoms with Gasteiger partial charge in [-0.15, -0.1) is 12.4 Å². The van der Waals surface area contributed by atoms with Gasteiger partial charge in [0.1, 0.15) is 0 Å². The number of hydrogen-bond acceptors (Lipinski definition) is 3. The van der Waals surface area contributed by atoms with Gasteiger partial charge in [0.25, 0.3) is 0 Å². The van der Waals surface area contributed by atoms with E-state index in [1.165, 1.54) is 16.9 Å². The van der Waals surface area contributed by atoms with Crippen molar-refractivity contribution in [1.29, 1.82) is 0 Å². The smallest absolute Gasteiger partial charge is 0.0476 e. The molecule has 1 aliphatic rings. The second-order valence-electron chi connectivity index (χ2n) is 4.98. The Hall–Kier alpha value is -1.19. The van der Waals surface area contributed by atoms with Gasteiger partial charge in [-0.25, -0.2) is 0 Å². The standard InChI is InChI=1S/C16H20N2S.ClH/c1-2-14-4-3-5-15(12-14)17-7-9-18(10-8-17)16-6-11-19-13-16;/h3-6,11-13H,2,7-10H2,1H3;1H. The summed E-state index contributed by atoms with van der Waals surface area (Å²) in [6.45, 7) is 6.68. The molecule has 4 heteroatoms. The molecule has 0 amide bonds. The molecule has 0 spiro atoms. The van der Waals surface area contributed by atoms with Crippen LogP contribution in [0.15, 0.2) is 41.1 Å². The first-order valence-electron chi connectivity index (χ1n) is 6.98. The van der Waals surface area contributed by atoms with Crippen LogP contribution in [-0.4, -0.2) is 26.2 Å². The first-order valence-corrected chi connectivity index (χ1v) is 7.92. The lowest BCUT2D eigenvalue weighted by Gasteiger charge is -2.37. The number of nitrogens with zero attached hydrogens (tertiary/aromatic N) is 2. The molecule has 1 aromatic carbocycles. The Morgan fingerprint density at radius 1 is 1.00 bits per heavy atom. The summed E-state index contributed by atoms with van der Waals surface area (Å²) in [5.41, 5.74) is 4.19. The molecule has 2 aromatic rings. The molecule has 0 aliphatic carbocycles. The molecular formula is C16H21ClN2S. The maximum absolute atomic E-state index is 2.50. The van der Waals surface area contributed by atoms with Crippen molar-refractivity contribution in [3.8, 4) is 0 Å². The van der Waals surface area contributed by atoms with Gasteiger partial charge < -0.3 is 9.80 Å². The van der Waals surface area contributed by atoms with Crippen LogP contribution >= 0.6 is 23.7 Å². The number of aryl methyl sites for hydroxylation is 1. The maximum atomic E-state index is 2.50. The summed E-state index contributed by atoms with van der Waals surface area (Å²) in [7, 11) is 0. The molecule has 1 fully saturated rings. The van der Waals surface area contributed by atoms with Crippen LogP contribution in [0, 0.1) is 0 Å². The van der Waals surface area contributed by atoms with Crippen molar-refractivity contribution in [2.24, 2.45) is 0 Å². The van der Waals surface area contributed by atoms with E-state index in [9.17, 15) is 0 Å². The molecule has 0 bridgehead atoms. The van der Waals surface area contributed by atoms with Crippen LogP contribution < -0.4 is 9.80 Å². The number of thiophene rings is 1. The minimum Gasteiger partial charge on any atom is -0.368 e. The predicted molar refractivity (Wildman–Crippen MR) is 91.8 cm³/mol. The van der Waals surface area contributed by atoms with Gasteiger partial charge in [-0.05, 0) is 35.6 Å². The quantitative estimate of drug-likeness (QED) is 0.843. The summed E-state index contributed by atoms with van der Waals surface area (Å²) >= 11 is 1.78. The number of rotatable bonds is 3. The van der Waals surface area contributed by atoms with Crippen molar-refractivity contribution in [2.75, 3.05) is 36.0 Å². The molecule has 20 heavy (non-hydrogen) atoms. The third-order valence-corrected chi connectivity index (χ3v) is 4.51. The molecular weight excluding hydrogens is 288 g/mol. The highest BCUT2D eigenvalue weighted by Crippen LogP contribution is 2.23. The lowest BCUT2D eigenvalue weighted by molar-refractivity contribution is 0.654. The highest BCUT2D eigenvalue weighted by Gasteiger charge is 2.17. The average molecular weight is 309 g/mol. The van der Waals surface area contributed by atoms with Gasteiger partial charge in [0, 0.05) is 42.9 Å². The maximum Gasteiger partial charge on any atom is 0.0476 e. The molecule has 1 saturated heterocycles. The lowest BCUT2D eigenvalue weighted by atomic mass is 10.1. The minimum atomic E-state index is 0. The SMILES string of the molecule is CCc1cccc(N2CCN(c3ccsc3)CC2)c1.Cl. The van der Waals surface area contributed by atoms with Gasteiger partial charge in [-0.2, -0.15) is 11.3 Å². The van der Waals surface area contributed by atoms with E-state index in [0.29, 0.717) is 0 Å². The Labute approximate surface area is 131 Å². The van der Waals surface area contributed by atoms with Gasteiger partial charge in [0.05, 0.1) is 0 Å². The summed E-state index contributed by atoms with van der Waals surface area (Å²) in [4.78, 5) is 4.98. The van der Waals surface area contributed by atoms with E-state index >= 15 is 0 Å². The van der Waals surface area contributed by atoms with E-state index < -0.39 is 0 Å². The van der Waals surface area contributed by atoms with E-state index in [1.54, 1.807) is 11.3 Å². The number of hydrogen-bond donors (Lipinski definition) is 0. The van der Waals surface area contributed by atoms with Crippen LogP contribution in [0.2, 0.25) is 0 Å². The molecule has 0 saturated carbocycles. The van der Waals surface area contributed by atoms with Gasteiger partial charge in [0.15, 0.2) is 0 Å². The second kappa shape index (κ2) is 7.00. The Balaban J connectivity index is 0.00000147. The zero-order chi connectivity index (χ0) is 13.1. The zero-order valence-corrected chi connectivity index (χ0v) is 13.4. The van der Waals surface area contributed by atoms with Crippen molar-refractivity contribution in [2.45, 2.75) is 13.3 Å². The summed E-state index contributed by atoms with van der Waals surface area (Å²) in [6, 6.07) is 11.2. The minimum absolute atomic E-state index is 0. The number of anilines is 2. The molecule has 1 aliphatic heterocycles. The molecule has 0 unspecified atom stereocenters. The largest absolute Gasteiger partial charge is 0.368 e. The van der Waals surface area contributed by atoms with Crippen LogP contribution in [0.25, 0.3) is 0 Å². The Bertz CT molecular complexity index is 519. The van der Waals surface area contributed by atoms with E-state index in [0.717, 1.165) is 32.6 Å². The van der Waals surface area contributed by atoms with Crippen molar-refractivity contribution in [1.82, 2.24) is 0 Å². The van der Waals surface area contributed by atoms with Crippen LogP contribution in [-0.2, 0) is 6.42 Å². The zero-order valence-electron chi connectivity index (χ0n) is 11.8. The molecule has 0 atom stereocenters. The number of halogens is 1. The Morgan fingerprint density at radius 3 is 2.30 bits per heavy atom. The second-order valence-corrected chi connectivity index (χ2v) is 5.76. The van der Waals surface area contributed by atoms with Gasteiger partial charge in [0.2, 0.25) is 0 Å². The molecule has 0 radical (unpaired) electrons. The van der Waals surface area contributed by atoms with E-state index in [2.05, 4.69) is 57.8 Å². The highest BCUT2D eigenvalue weighted by atomic mass is 35.5. The van der Waals surface area contributed by atoms with Crippen LogP contribution in [0.1, 0.15) is 12.5 Å². The fourth-order valence-electron chi connectivity index (χ4n) is 2.63. The molecule has 2 heterocycles. The highest BCUT2D eigenvalue weighted by molar-refractivity contribution is 7.08. The fraction of sp³-hybridized carbons (Fsp3) is 0.375. The topological polar surface area (TPSA) is 6.48 Å². The van der Waals surface area contributed by atoms with E-state index in [-0.39, 0.29) is 12.4 Å². The first-order chi connectivity index (χ1) is 9.36. The fourth-order valence-corrected chi connectivity index (χ4v) is 3.30. The molecule has 3 rings (SSSR count). The van der Waals surface area contributed by atoms with Crippen LogP contribution in [0.5, 0.6) is 0 Å². The predicted octanol–water partition coefficient (Wildman–Crippen LogP) is 4.06. The van der Waals surface area contributed by atoms with Crippen molar-refractivity contribution in [3.63, 3.8) is 0 Å². The first kappa shape index (κ1) is 15.2. The van der Waals surface area contributed by atoms with Crippen molar-refractivity contribution < 1.29 is 0 Å². The lowest BCUT2D eigenvalue weighted by Crippen LogP contribution is -2.46. The number of benzene rings is 1. The Kier molecular flexibility index (Phi) is 5.32. The van der Waals surface area contributed by atoms with Crippen molar-refractivity contribution in [3.05, 3.63) is 46.7 Å². The Morgan fingerprint density at radius 2 is 1.70 bits per heavy atom. The normalized spacial score (nSPS) is 15.1. The third kappa shape index (κ3) is 3.28. The molecule has 108 valence electrons. The van der Waals surface area contributed by atoms with E-state index in [4.69, 9.17) is 0 Å². The monoisotopic (exact) mass is 308 g/mol. The average Bonchev–Trinajstić information content (AvgIpc) is 3.02. The van der Waals surface area contributed by atoms with E-state index in [1.807, 2.05) is 0 Å². The van der Waals surface area contributed by atoms with Crippen LogP contribution in [0.4, 0.5) is 11.4 Å². The molecule has 0 N–H and O–H groups in total. The number of piperazine rings is 1. The summed E-state index contributed by atoms with van der Waals surface area (Å²) in [5.74, 6) is 0. The molecule has 2 nitrogen and oxygen atoms in total. The summed E-state index contributed by atoms with van der Waals surface area (Å²) in [6.07, 6.45) is 1.11. The van der Waals surface area contributed by atoms with Gasteiger partial charge >= 0.3 is 0 Å². The van der Waals surface area contributed by atoms with Crippen LogP contribution in [0.3, 0.4) is 0 Å². The summed E-state index contributed by atoms with van der Waals surface area (Å²) < 4.78 is 0. The third-order valence-electron chi connectivity index (χ3n) is 3.83. The van der Waals surface area contributed by atoms with Crippen molar-refractivity contribution >= 4 is 35.1 Å².